The molecule has 109 valence electrons. The SMILES string of the molecule is O=C(NCCOc1ccccc1Cl)N(S)c1cc[c]cc1. The number of anilines is 1. The number of hydrogen-bond acceptors (Lipinski definition) is 3. The van der Waals surface area contributed by atoms with Crippen LogP contribution in [0.25, 0.3) is 0 Å². The van der Waals surface area contributed by atoms with Gasteiger partial charge < -0.3 is 10.1 Å². The highest BCUT2D eigenvalue weighted by Crippen LogP contribution is 2.22. The fourth-order valence-electron chi connectivity index (χ4n) is 1.59. The smallest absolute Gasteiger partial charge is 0.332 e. The summed E-state index contributed by atoms with van der Waals surface area (Å²) in [6.07, 6.45) is 0. The van der Waals surface area contributed by atoms with Gasteiger partial charge in [0, 0.05) is 0 Å². The van der Waals surface area contributed by atoms with Crippen LogP contribution in [-0.4, -0.2) is 19.2 Å². The normalized spacial score (nSPS) is 10.0. The molecule has 0 saturated heterocycles. The number of carbonyl (C=O) groups excluding carboxylic acids is 1. The van der Waals surface area contributed by atoms with Crippen LogP contribution in [0.2, 0.25) is 5.02 Å². The highest BCUT2D eigenvalue weighted by molar-refractivity contribution is 7.82. The zero-order valence-corrected chi connectivity index (χ0v) is 12.8. The van der Waals surface area contributed by atoms with Gasteiger partial charge in [-0.05, 0) is 30.3 Å². The number of halogens is 1. The van der Waals surface area contributed by atoms with Crippen molar-refractivity contribution in [2.45, 2.75) is 0 Å². The second kappa shape index (κ2) is 7.81. The number of hydrogen-bond donors (Lipinski definition) is 2. The molecule has 0 aliphatic carbocycles. The highest BCUT2D eigenvalue weighted by atomic mass is 35.5. The third-order valence-corrected chi connectivity index (χ3v) is 3.33. The minimum Gasteiger partial charge on any atom is -0.490 e. The van der Waals surface area contributed by atoms with E-state index in [1.165, 1.54) is 4.31 Å². The lowest BCUT2D eigenvalue weighted by atomic mass is 10.3. The van der Waals surface area contributed by atoms with Gasteiger partial charge in [-0.1, -0.05) is 48.7 Å². The molecule has 0 atom stereocenters. The van der Waals surface area contributed by atoms with Crippen LogP contribution in [0.4, 0.5) is 10.5 Å². The van der Waals surface area contributed by atoms with Crippen LogP contribution in [0.15, 0.2) is 48.5 Å². The fourth-order valence-corrected chi connectivity index (χ4v) is 1.99. The summed E-state index contributed by atoms with van der Waals surface area (Å²) in [7, 11) is 0. The predicted octanol–water partition coefficient (Wildman–Crippen LogP) is 3.58. The molecule has 2 aromatic carbocycles. The van der Waals surface area contributed by atoms with Crippen molar-refractivity contribution >= 4 is 36.1 Å². The molecule has 0 fully saturated rings. The number of amides is 2. The molecule has 2 amide bonds. The molecule has 1 radical (unpaired) electrons. The molecule has 0 aliphatic rings. The number of ether oxygens (including phenoxy) is 1. The average Bonchev–Trinajstić information content (AvgIpc) is 2.53. The third-order valence-electron chi connectivity index (χ3n) is 2.61. The fraction of sp³-hybridized carbons (Fsp3) is 0.133. The Morgan fingerprint density at radius 2 is 2.00 bits per heavy atom. The Hall–Kier alpha value is -1.85. The number of benzene rings is 2. The second-order valence-corrected chi connectivity index (χ2v) is 4.89. The van der Waals surface area contributed by atoms with Crippen molar-refractivity contribution in [2.75, 3.05) is 17.5 Å². The van der Waals surface area contributed by atoms with Gasteiger partial charge in [0.05, 0.1) is 17.3 Å². The summed E-state index contributed by atoms with van der Waals surface area (Å²) in [6, 6.07) is 16.6. The van der Waals surface area contributed by atoms with Crippen LogP contribution >= 0.6 is 24.4 Å². The zero-order chi connectivity index (χ0) is 15.1. The van der Waals surface area contributed by atoms with Crippen molar-refractivity contribution in [3.05, 3.63) is 59.6 Å². The third kappa shape index (κ3) is 4.58. The number of nitrogens with one attached hydrogen (secondary N) is 1. The Kier molecular flexibility index (Phi) is 5.78. The second-order valence-electron chi connectivity index (χ2n) is 4.08. The monoisotopic (exact) mass is 321 g/mol. The average molecular weight is 322 g/mol. The van der Waals surface area contributed by atoms with Gasteiger partial charge >= 0.3 is 6.03 Å². The molecule has 0 heterocycles. The molecule has 4 nitrogen and oxygen atoms in total. The summed E-state index contributed by atoms with van der Waals surface area (Å²) in [6.45, 7) is 0.666. The maximum absolute atomic E-state index is 11.9. The lowest BCUT2D eigenvalue weighted by Crippen LogP contribution is -2.36. The minimum atomic E-state index is -0.327. The Bertz CT molecular complexity index is 595. The maximum atomic E-state index is 11.9. The van der Waals surface area contributed by atoms with E-state index in [9.17, 15) is 4.79 Å². The van der Waals surface area contributed by atoms with Gasteiger partial charge in [0.15, 0.2) is 0 Å². The van der Waals surface area contributed by atoms with Gasteiger partial charge in [-0.15, -0.1) is 0 Å². The van der Waals surface area contributed by atoms with Crippen molar-refractivity contribution in [3.63, 3.8) is 0 Å². The Balaban J connectivity index is 1.76. The quantitative estimate of drug-likeness (QED) is 0.653. The molecular formula is C15H14ClN2O2S. The van der Waals surface area contributed by atoms with Crippen molar-refractivity contribution in [2.24, 2.45) is 0 Å². The lowest BCUT2D eigenvalue weighted by Gasteiger charge is -2.16. The van der Waals surface area contributed by atoms with E-state index in [1.54, 1.807) is 36.4 Å². The summed E-state index contributed by atoms with van der Waals surface area (Å²) in [5.74, 6) is 0.592. The van der Waals surface area contributed by atoms with Gasteiger partial charge in [-0.2, -0.15) is 0 Å². The summed E-state index contributed by atoms with van der Waals surface area (Å²) < 4.78 is 6.70. The summed E-state index contributed by atoms with van der Waals surface area (Å²) in [5, 5.41) is 3.24. The van der Waals surface area contributed by atoms with Crippen LogP contribution < -0.4 is 14.4 Å². The van der Waals surface area contributed by atoms with E-state index in [2.05, 4.69) is 24.2 Å². The molecule has 0 spiro atoms. The molecule has 0 aromatic heterocycles. The van der Waals surface area contributed by atoms with Crippen LogP contribution in [0.3, 0.4) is 0 Å². The summed E-state index contributed by atoms with van der Waals surface area (Å²) in [5.41, 5.74) is 0.668. The first-order valence-electron chi connectivity index (χ1n) is 6.29. The molecule has 2 rings (SSSR count). The minimum absolute atomic E-state index is 0.319. The topological polar surface area (TPSA) is 41.6 Å². The number of thiol groups is 1. The van der Waals surface area contributed by atoms with Gasteiger partial charge in [0.25, 0.3) is 0 Å². The molecule has 21 heavy (non-hydrogen) atoms. The standard InChI is InChI=1S/C15H14ClN2O2S/c16-13-8-4-5-9-14(13)20-11-10-17-15(19)18(21)12-6-2-1-3-7-12/h2-9,21H,10-11H2,(H,17,19). The van der Waals surface area contributed by atoms with Gasteiger partial charge in [-0.25, -0.2) is 9.10 Å². The number of rotatable bonds is 5. The van der Waals surface area contributed by atoms with E-state index in [0.29, 0.717) is 29.6 Å². The number of para-hydroxylation sites is 1. The first-order valence-corrected chi connectivity index (χ1v) is 7.06. The van der Waals surface area contributed by atoms with E-state index in [1.807, 2.05) is 12.1 Å². The summed E-state index contributed by atoms with van der Waals surface area (Å²) in [4.78, 5) is 11.9. The van der Waals surface area contributed by atoms with Crippen LogP contribution in [-0.2, 0) is 0 Å². The molecule has 0 unspecified atom stereocenters. The molecule has 0 aliphatic heterocycles. The first kappa shape index (κ1) is 15.5. The van der Waals surface area contributed by atoms with Crippen molar-refractivity contribution in [3.8, 4) is 5.75 Å². The van der Waals surface area contributed by atoms with Crippen molar-refractivity contribution in [1.29, 1.82) is 0 Å². The Morgan fingerprint density at radius 3 is 2.71 bits per heavy atom. The van der Waals surface area contributed by atoms with Crippen LogP contribution in [0, 0.1) is 6.07 Å². The maximum Gasteiger partial charge on any atom is 0.332 e. The van der Waals surface area contributed by atoms with Crippen LogP contribution in [0.5, 0.6) is 5.75 Å². The highest BCUT2D eigenvalue weighted by Gasteiger charge is 2.10. The molecule has 2 aromatic rings. The number of carbonyl (C=O) groups is 1. The molecule has 1 N–H and O–H groups in total. The molecule has 0 saturated carbocycles. The van der Waals surface area contributed by atoms with Gasteiger partial charge in [-0.3, -0.25) is 0 Å². The Morgan fingerprint density at radius 1 is 1.29 bits per heavy atom. The lowest BCUT2D eigenvalue weighted by molar-refractivity contribution is 0.245. The van der Waals surface area contributed by atoms with E-state index in [0.717, 1.165) is 0 Å². The van der Waals surface area contributed by atoms with Crippen molar-refractivity contribution in [1.82, 2.24) is 5.32 Å². The zero-order valence-electron chi connectivity index (χ0n) is 11.1. The summed E-state index contributed by atoms with van der Waals surface area (Å²) >= 11 is 10.1. The first-order chi connectivity index (χ1) is 10.2. The number of urea groups is 1. The Labute approximate surface area is 134 Å². The van der Waals surface area contributed by atoms with Crippen LogP contribution in [0.1, 0.15) is 0 Å². The van der Waals surface area contributed by atoms with E-state index >= 15 is 0 Å². The van der Waals surface area contributed by atoms with E-state index in [-0.39, 0.29) is 6.03 Å². The number of nitrogens with zero attached hydrogens (tertiary/aromatic N) is 1. The van der Waals surface area contributed by atoms with E-state index in [4.69, 9.17) is 16.3 Å². The largest absolute Gasteiger partial charge is 0.490 e. The van der Waals surface area contributed by atoms with Gasteiger partial charge in [0.2, 0.25) is 0 Å². The van der Waals surface area contributed by atoms with Gasteiger partial charge in [0.1, 0.15) is 12.4 Å². The van der Waals surface area contributed by atoms with Crippen molar-refractivity contribution < 1.29 is 9.53 Å². The molecule has 0 bridgehead atoms. The predicted molar refractivity (Wildman–Crippen MR) is 87.1 cm³/mol. The molecule has 6 heteroatoms. The molecular weight excluding hydrogens is 308 g/mol. The van der Waals surface area contributed by atoms with E-state index < -0.39 is 0 Å².